The highest BCUT2D eigenvalue weighted by atomic mass is 16.4. The van der Waals surface area contributed by atoms with Crippen LogP contribution in [0.5, 0.6) is 0 Å². The fourth-order valence-corrected chi connectivity index (χ4v) is 0.912. The van der Waals surface area contributed by atoms with Crippen molar-refractivity contribution in [3.05, 3.63) is 18.5 Å². The van der Waals surface area contributed by atoms with Gasteiger partial charge >= 0.3 is 5.97 Å². The number of nitrogens with zero attached hydrogens (tertiary/aromatic N) is 3. The molecule has 0 bridgehead atoms. The fourth-order valence-electron chi connectivity index (χ4n) is 0.912. The van der Waals surface area contributed by atoms with Crippen LogP contribution < -0.4 is 17.2 Å². The van der Waals surface area contributed by atoms with Crippen molar-refractivity contribution in [2.24, 2.45) is 17.2 Å². The van der Waals surface area contributed by atoms with Crippen LogP contribution in [0.1, 0.15) is 25.7 Å². The van der Waals surface area contributed by atoms with E-state index in [1.54, 1.807) is 18.5 Å². The van der Waals surface area contributed by atoms with E-state index in [2.05, 4.69) is 15.4 Å². The van der Waals surface area contributed by atoms with Gasteiger partial charge in [-0.05, 0) is 30.5 Å². The van der Waals surface area contributed by atoms with Gasteiger partial charge in [-0.2, -0.15) is 0 Å². The van der Waals surface area contributed by atoms with Crippen LogP contribution in [0, 0.1) is 0 Å². The van der Waals surface area contributed by atoms with E-state index in [1.807, 2.05) is 0 Å². The smallest absolute Gasteiger partial charge is 0.303 e. The fraction of sp³-hybridized carbons (Fsp3) is 0.556. The highest BCUT2D eigenvalue weighted by Gasteiger charge is 2.10. The Kier molecular flexibility index (Phi) is 7.68. The van der Waals surface area contributed by atoms with Crippen molar-refractivity contribution in [2.75, 3.05) is 0 Å². The molecule has 0 amide bonds. The van der Waals surface area contributed by atoms with Crippen molar-refractivity contribution in [1.29, 1.82) is 0 Å². The van der Waals surface area contributed by atoms with Crippen molar-refractivity contribution < 1.29 is 9.90 Å². The Morgan fingerprint density at radius 3 is 2.06 bits per heavy atom. The number of aromatic nitrogens is 3. The average molecular weight is 242 g/mol. The third-order valence-corrected chi connectivity index (χ3v) is 1.66. The van der Waals surface area contributed by atoms with Gasteiger partial charge in [-0.1, -0.05) is 0 Å². The molecule has 8 nitrogen and oxygen atoms in total. The van der Waals surface area contributed by atoms with Crippen molar-refractivity contribution in [1.82, 2.24) is 15.4 Å². The first-order valence-corrected chi connectivity index (χ1v) is 5.08. The topological polar surface area (TPSA) is 154 Å². The first-order chi connectivity index (χ1) is 7.92. The first-order valence-electron chi connectivity index (χ1n) is 5.08. The van der Waals surface area contributed by atoms with E-state index >= 15 is 0 Å². The normalized spacial score (nSPS) is 10.3. The van der Waals surface area contributed by atoms with E-state index in [0.717, 1.165) is 0 Å². The molecule has 0 aromatic carbocycles. The van der Waals surface area contributed by atoms with Gasteiger partial charge in [0.15, 0.2) is 0 Å². The van der Waals surface area contributed by atoms with Crippen LogP contribution in [0.15, 0.2) is 18.5 Å². The van der Waals surface area contributed by atoms with E-state index in [0.29, 0.717) is 19.3 Å². The predicted molar refractivity (Wildman–Crippen MR) is 61.2 cm³/mol. The lowest BCUT2D eigenvalue weighted by atomic mass is 10.1. The molecule has 96 valence electrons. The van der Waals surface area contributed by atoms with Crippen LogP contribution in [0.2, 0.25) is 0 Å². The maximum absolute atomic E-state index is 10.0. The summed E-state index contributed by atoms with van der Waals surface area (Å²) < 4.78 is 0. The third kappa shape index (κ3) is 14.4. The number of aliphatic carboxylic acids is 1. The second kappa shape index (κ2) is 8.50. The van der Waals surface area contributed by atoms with Gasteiger partial charge in [0.2, 0.25) is 0 Å². The molecule has 0 aliphatic rings. The number of carbonyl (C=O) groups is 1. The molecule has 0 saturated carbocycles. The van der Waals surface area contributed by atoms with Crippen LogP contribution in [-0.4, -0.2) is 32.3 Å². The van der Waals surface area contributed by atoms with Crippen molar-refractivity contribution in [2.45, 2.75) is 31.5 Å². The number of carboxylic acids is 1. The number of hydrogen-bond acceptors (Lipinski definition) is 7. The average Bonchev–Trinajstić information content (AvgIpc) is 2.26. The monoisotopic (exact) mass is 242 g/mol. The molecule has 0 fully saturated rings. The summed E-state index contributed by atoms with van der Waals surface area (Å²) in [6.07, 6.45) is 4.97. The Bertz CT molecular complexity index is 273. The van der Waals surface area contributed by atoms with Crippen LogP contribution in [0.25, 0.3) is 0 Å². The maximum atomic E-state index is 10.0. The minimum absolute atomic E-state index is 0.149. The van der Waals surface area contributed by atoms with Crippen LogP contribution in [0.4, 0.5) is 0 Å². The van der Waals surface area contributed by atoms with Gasteiger partial charge in [-0.25, -0.2) is 0 Å². The van der Waals surface area contributed by atoms with Gasteiger partial charge in [-0.15, -0.1) is 10.2 Å². The summed E-state index contributed by atoms with van der Waals surface area (Å²) in [5, 5.41) is 18.4. The summed E-state index contributed by atoms with van der Waals surface area (Å²) >= 11 is 0. The molecule has 17 heavy (non-hydrogen) atoms. The summed E-state index contributed by atoms with van der Waals surface area (Å²) in [6, 6.07) is 1.72. The zero-order chi connectivity index (χ0) is 13.1. The molecule has 0 aliphatic carbocycles. The lowest BCUT2D eigenvalue weighted by Gasteiger charge is -2.17. The Balaban J connectivity index is 0.000000354. The molecule has 8 heteroatoms. The Morgan fingerprint density at radius 1 is 1.18 bits per heavy atom. The number of carboxylic acid groups (broad SMARTS) is 1. The zero-order valence-electron chi connectivity index (χ0n) is 9.49. The molecule has 1 rings (SSSR count). The lowest BCUT2D eigenvalue weighted by Crippen LogP contribution is -2.57. The van der Waals surface area contributed by atoms with E-state index in [4.69, 9.17) is 22.3 Å². The maximum Gasteiger partial charge on any atom is 0.303 e. The standard InChI is InChI=1S/C6H15N3O2.C3H3N3/c7-6(8,9)4-2-1-3-5(10)11;1-2-4-6-5-3-1/h1-4,7-9H2,(H,10,11);1-3H. The van der Waals surface area contributed by atoms with Gasteiger partial charge in [0.05, 0.1) is 12.4 Å². The van der Waals surface area contributed by atoms with E-state index in [1.165, 1.54) is 0 Å². The molecule has 1 aromatic heterocycles. The second-order valence-electron chi connectivity index (χ2n) is 3.52. The molecule has 0 saturated heterocycles. The number of hydrogen-bond donors (Lipinski definition) is 4. The Labute approximate surface area is 99.2 Å². The molecule has 1 heterocycles. The molecule has 0 radical (unpaired) electrons. The molecule has 0 atom stereocenters. The van der Waals surface area contributed by atoms with Crippen LogP contribution in [-0.2, 0) is 4.79 Å². The summed E-state index contributed by atoms with van der Waals surface area (Å²) in [5.41, 5.74) is 15.8. The third-order valence-electron chi connectivity index (χ3n) is 1.66. The summed E-state index contributed by atoms with van der Waals surface area (Å²) in [6.45, 7) is 0. The van der Waals surface area contributed by atoms with Gasteiger partial charge in [0.1, 0.15) is 5.79 Å². The number of unbranched alkanes of at least 4 members (excludes halogenated alkanes) is 1. The minimum atomic E-state index is -1.15. The summed E-state index contributed by atoms with van der Waals surface area (Å²) in [4.78, 5) is 10.0. The van der Waals surface area contributed by atoms with E-state index < -0.39 is 11.8 Å². The van der Waals surface area contributed by atoms with Gasteiger partial charge < -0.3 is 22.3 Å². The Morgan fingerprint density at radius 2 is 1.76 bits per heavy atom. The molecule has 0 unspecified atom stereocenters. The summed E-state index contributed by atoms with van der Waals surface area (Å²) in [5.74, 6) is -1.96. The largest absolute Gasteiger partial charge is 0.481 e. The SMILES string of the molecule is NC(N)(N)CCCCC(=O)O.c1cnnnc1. The van der Waals surface area contributed by atoms with Crippen molar-refractivity contribution >= 4 is 5.97 Å². The number of nitrogens with two attached hydrogens (primary N) is 3. The molecule has 0 spiro atoms. The number of rotatable bonds is 5. The van der Waals surface area contributed by atoms with Gasteiger partial charge in [0, 0.05) is 6.42 Å². The van der Waals surface area contributed by atoms with Crippen LogP contribution in [0.3, 0.4) is 0 Å². The molecule has 0 aliphatic heterocycles. The highest BCUT2D eigenvalue weighted by Crippen LogP contribution is 2.02. The zero-order valence-corrected chi connectivity index (χ0v) is 9.49. The quantitative estimate of drug-likeness (QED) is 0.380. The summed E-state index contributed by atoms with van der Waals surface area (Å²) in [7, 11) is 0. The van der Waals surface area contributed by atoms with Crippen molar-refractivity contribution in [3.8, 4) is 0 Å². The first kappa shape index (κ1) is 15.4. The minimum Gasteiger partial charge on any atom is -0.481 e. The van der Waals surface area contributed by atoms with E-state index in [9.17, 15) is 4.79 Å². The van der Waals surface area contributed by atoms with Gasteiger partial charge in [0.25, 0.3) is 0 Å². The highest BCUT2D eigenvalue weighted by molar-refractivity contribution is 5.66. The van der Waals surface area contributed by atoms with Crippen molar-refractivity contribution in [3.63, 3.8) is 0 Å². The molecular weight excluding hydrogens is 224 g/mol. The molecule has 7 N–H and O–H groups in total. The van der Waals surface area contributed by atoms with E-state index in [-0.39, 0.29) is 6.42 Å². The molecular formula is C9H18N6O2. The predicted octanol–water partition coefficient (Wildman–Crippen LogP) is -0.967. The lowest BCUT2D eigenvalue weighted by molar-refractivity contribution is -0.137. The molecule has 1 aromatic rings. The second-order valence-corrected chi connectivity index (χ2v) is 3.52. The Hall–Kier alpha value is -1.64. The van der Waals surface area contributed by atoms with Gasteiger partial charge in [-0.3, -0.25) is 4.79 Å². The van der Waals surface area contributed by atoms with Crippen LogP contribution >= 0.6 is 0 Å².